The van der Waals surface area contributed by atoms with Crippen molar-refractivity contribution in [1.29, 1.82) is 0 Å². The molecule has 4 heteroatoms. The largest absolute Gasteiger partial charge is 0.497 e. The van der Waals surface area contributed by atoms with Gasteiger partial charge in [0, 0.05) is 23.5 Å². The number of anilines is 2. The highest BCUT2D eigenvalue weighted by atomic mass is 16.5. The van der Waals surface area contributed by atoms with Crippen LogP contribution in [0.2, 0.25) is 0 Å². The Morgan fingerprint density at radius 3 is 2.43 bits per heavy atom. The number of benzene rings is 3. The lowest BCUT2D eigenvalue weighted by Gasteiger charge is -2.39. The third-order valence-electron chi connectivity index (χ3n) is 5.48. The number of hydrogen-bond donors (Lipinski definition) is 1. The molecule has 0 aliphatic carbocycles. The Morgan fingerprint density at radius 2 is 1.70 bits per heavy atom. The van der Waals surface area contributed by atoms with Gasteiger partial charge >= 0.3 is 0 Å². The van der Waals surface area contributed by atoms with E-state index in [1.54, 1.807) is 13.2 Å². The quantitative estimate of drug-likeness (QED) is 0.562. The molecule has 3 aromatic carbocycles. The second-order valence-electron chi connectivity index (χ2n) is 7.52. The van der Waals surface area contributed by atoms with Gasteiger partial charge in [-0.3, -0.25) is 4.79 Å². The van der Waals surface area contributed by atoms with Crippen LogP contribution in [0.25, 0.3) is 6.08 Å². The number of carbonyl (C=O) groups is 1. The van der Waals surface area contributed by atoms with Crippen molar-refractivity contribution in [2.24, 2.45) is 0 Å². The lowest BCUT2D eigenvalue weighted by Crippen LogP contribution is -2.43. The molecule has 0 spiro atoms. The Balaban J connectivity index is 1.58. The first-order valence-electron chi connectivity index (χ1n) is 10.2. The van der Waals surface area contributed by atoms with Gasteiger partial charge in [0.2, 0.25) is 0 Å². The van der Waals surface area contributed by atoms with Gasteiger partial charge in [-0.1, -0.05) is 48.5 Å². The van der Waals surface area contributed by atoms with Gasteiger partial charge in [-0.25, -0.2) is 0 Å². The van der Waals surface area contributed by atoms with Gasteiger partial charge in [0.05, 0.1) is 13.2 Å². The van der Waals surface area contributed by atoms with Gasteiger partial charge in [-0.2, -0.15) is 0 Å². The average Bonchev–Trinajstić information content (AvgIpc) is 2.79. The summed E-state index contributed by atoms with van der Waals surface area (Å²) in [5.41, 5.74) is 4.15. The molecule has 0 fully saturated rings. The molecule has 3 aromatic rings. The monoisotopic (exact) mass is 398 g/mol. The summed E-state index contributed by atoms with van der Waals surface area (Å²) in [4.78, 5) is 15.0. The lowest BCUT2D eigenvalue weighted by atomic mass is 9.91. The second-order valence-corrected chi connectivity index (χ2v) is 7.52. The Kier molecular flexibility index (Phi) is 5.84. The first-order chi connectivity index (χ1) is 14.7. The number of fused-ring (bicyclic) bond motifs is 1. The molecule has 0 radical (unpaired) electrons. The molecule has 0 saturated heterocycles. The van der Waals surface area contributed by atoms with Crippen molar-refractivity contribution in [1.82, 2.24) is 0 Å². The predicted octanol–water partition coefficient (Wildman–Crippen LogP) is 5.69. The fourth-order valence-corrected chi connectivity index (χ4v) is 3.99. The van der Waals surface area contributed by atoms with Gasteiger partial charge in [0.1, 0.15) is 5.75 Å². The van der Waals surface area contributed by atoms with E-state index in [2.05, 4.69) is 18.3 Å². The molecule has 2 atom stereocenters. The predicted molar refractivity (Wildman–Crippen MR) is 123 cm³/mol. The zero-order valence-corrected chi connectivity index (χ0v) is 17.3. The molecular weight excluding hydrogens is 372 g/mol. The topological polar surface area (TPSA) is 41.6 Å². The molecule has 152 valence electrons. The second kappa shape index (κ2) is 8.87. The highest BCUT2D eigenvalue weighted by molar-refractivity contribution is 6.05. The summed E-state index contributed by atoms with van der Waals surface area (Å²) in [5.74, 6) is 0.835. The molecule has 0 unspecified atom stereocenters. The minimum absolute atomic E-state index is 0.00157. The smallest absolute Gasteiger partial charge is 0.251 e. The molecule has 0 saturated carbocycles. The molecule has 1 N–H and O–H groups in total. The summed E-state index contributed by atoms with van der Waals surface area (Å²) in [6.07, 6.45) is 4.37. The number of hydrogen-bond acceptors (Lipinski definition) is 3. The molecule has 1 amide bonds. The van der Waals surface area contributed by atoms with Gasteiger partial charge in [-0.15, -0.1) is 0 Å². The van der Waals surface area contributed by atoms with Crippen LogP contribution in [-0.4, -0.2) is 19.1 Å². The Labute approximate surface area is 177 Å². The number of carbonyl (C=O) groups excluding carboxylic acids is 1. The standard InChI is InChI=1S/C26H26N2O2/c1-19-18-24(27-21-13-15-22(30-2)16-14-21)23-10-6-7-11-25(23)28(19)26(29)17-12-20-8-4-3-5-9-20/h3-17,19,24,27H,18H2,1-2H3/b17-12+/t19-,24-/m1/s1. The van der Waals surface area contributed by atoms with Crippen molar-refractivity contribution in [3.8, 4) is 5.75 Å². The zero-order valence-electron chi connectivity index (χ0n) is 17.3. The van der Waals surface area contributed by atoms with E-state index in [9.17, 15) is 4.79 Å². The normalized spacial score (nSPS) is 18.1. The van der Waals surface area contributed by atoms with Crippen LogP contribution >= 0.6 is 0 Å². The third-order valence-corrected chi connectivity index (χ3v) is 5.48. The van der Waals surface area contributed by atoms with E-state index in [0.29, 0.717) is 0 Å². The maximum absolute atomic E-state index is 13.1. The van der Waals surface area contributed by atoms with E-state index < -0.39 is 0 Å². The molecule has 0 bridgehead atoms. The first kappa shape index (κ1) is 19.8. The van der Waals surface area contributed by atoms with E-state index in [1.807, 2.05) is 83.8 Å². The van der Waals surface area contributed by atoms with Crippen molar-refractivity contribution in [2.75, 3.05) is 17.3 Å². The van der Waals surface area contributed by atoms with Gasteiger partial charge in [0.25, 0.3) is 5.91 Å². The minimum atomic E-state index is 0.00157. The fourth-order valence-electron chi connectivity index (χ4n) is 3.99. The van der Waals surface area contributed by atoms with Crippen molar-refractivity contribution in [3.05, 3.63) is 96.1 Å². The van der Waals surface area contributed by atoms with Crippen molar-refractivity contribution in [3.63, 3.8) is 0 Å². The van der Waals surface area contributed by atoms with Crippen LogP contribution in [0.1, 0.15) is 30.5 Å². The lowest BCUT2D eigenvalue weighted by molar-refractivity contribution is -0.114. The Hall–Kier alpha value is -3.53. The molecule has 1 aliphatic rings. The SMILES string of the molecule is COc1ccc(N[C@@H]2C[C@@H](C)N(C(=O)/C=C/c3ccccc3)c3ccccc32)cc1. The molecule has 1 heterocycles. The summed E-state index contributed by atoms with van der Waals surface area (Å²) >= 11 is 0. The summed E-state index contributed by atoms with van der Waals surface area (Å²) in [7, 11) is 1.67. The van der Waals surface area contributed by atoms with Crippen LogP contribution in [-0.2, 0) is 4.79 Å². The maximum atomic E-state index is 13.1. The number of para-hydroxylation sites is 1. The van der Waals surface area contributed by atoms with E-state index in [4.69, 9.17) is 4.74 Å². The van der Waals surface area contributed by atoms with Gasteiger partial charge in [0.15, 0.2) is 0 Å². The average molecular weight is 399 g/mol. The van der Waals surface area contributed by atoms with Crippen LogP contribution in [0.5, 0.6) is 5.75 Å². The fraction of sp³-hybridized carbons (Fsp3) is 0.192. The molecule has 4 nitrogen and oxygen atoms in total. The van der Waals surface area contributed by atoms with Crippen molar-refractivity contribution in [2.45, 2.75) is 25.4 Å². The summed E-state index contributed by atoms with van der Waals surface area (Å²) in [6, 6.07) is 26.2. The minimum Gasteiger partial charge on any atom is -0.497 e. The van der Waals surface area contributed by atoms with Gasteiger partial charge in [-0.05, 0) is 60.9 Å². The molecule has 30 heavy (non-hydrogen) atoms. The van der Waals surface area contributed by atoms with Crippen molar-refractivity contribution >= 4 is 23.4 Å². The third kappa shape index (κ3) is 4.23. The number of nitrogens with one attached hydrogen (secondary N) is 1. The number of nitrogens with zero attached hydrogens (tertiary/aromatic N) is 1. The molecule has 4 rings (SSSR count). The Bertz CT molecular complexity index is 1030. The van der Waals surface area contributed by atoms with Gasteiger partial charge < -0.3 is 15.0 Å². The van der Waals surface area contributed by atoms with E-state index in [0.717, 1.165) is 34.7 Å². The summed E-state index contributed by atoms with van der Waals surface area (Å²) in [5, 5.41) is 3.62. The van der Waals surface area contributed by atoms with E-state index >= 15 is 0 Å². The number of rotatable bonds is 5. The van der Waals surface area contributed by atoms with Crippen LogP contribution in [0, 0.1) is 0 Å². The first-order valence-corrected chi connectivity index (χ1v) is 10.2. The Morgan fingerprint density at radius 1 is 1.00 bits per heavy atom. The molecule has 0 aromatic heterocycles. The van der Waals surface area contributed by atoms with E-state index in [1.165, 1.54) is 0 Å². The molecular formula is C26H26N2O2. The van der Waals surface area contributed by atoms with Crippen LogP contribution in [0.3, 0.4) is 0 Å². The summed E-state index contributed by atoms with van der Waals surface area (Å²) < 4.78 is 5.25. The maximum Gasteiger partial charge on any atom is 0.251 e. The number of methoxy groups -OCH3 is 1. The number of amides is 1. The number of ether oxygens (including phenoxy) is 1. The summed E-state index contributed by atoms with van der Waals surface area (Å²) in [6.45, 7) is 2.10. The van der Waals surface area contributed by atoms with Crippen molar-refractivity contribution < 1.29 is 9.53 Å². The highest BCUT2D eigenvalue weighted by Gasteiger charge is 2.32. The zero-order chi connectivity index (χ0) is 20.9. The van der Waals surface area contributed by atoms with Crippen LogP contribution in [0.4, 0.5) is 11.4 Å². The van der Waals surface area contributed by atoms with Crippen LogP contribution < -0.4 is 15.0 Å². The van der Waals surface area contributed by atoms with Crippen LogP contribution in [0.15, 0.2) is 84.9 Å². The highest BCUT2D eigenvalue weighted by Crippen LogP contribution is 2.39. The molecule has 1 aliphatic heterocycles. The van der Waals surface area contributed by atoms with E-state index in [-0.39, 0.29) is 18.0 Å².